The van der Waals surface area contributed by atoms with E-state index in [0.29, 0.717) is 49.5 Å². The number of nitrogens with zero attached hydrogens (tertiary/aromatic N) is 1. The lowest BCUT2D eigenvalue weighted by molar-refractivity contribution is -0.125. The highest BCUT2D eigenvalue weighted by Gasteiger charge is 2.34. The van der Waals surface area contributed by atoms with E-state index in [1.165, 1.54) is 17.3 Å². The Morgan fingerprint density at radius 1 is 1.11 bits per heavy atom. The fraction of sp³-hybridized carbons (Fsp3) is 0.471. The number of hydrogen-bond donors (Lipinski definition) is 5. The fourth-order valence-electron chi connectivity index (χ4n) is 5.65. The van der Waals surface area contributed by atoms with Crippen LogP contribution in [0.25, 0.3) is 10.9 Å². The summed E-state index contributed by atoms with van der Waals surface area (Å²) >= 11 is 1.46. The second-order valence-electron chi connectivity index (χ2n) is 11.9. The van der Waals surface area contributed by atoms with Crippen molar-refractivity contribution in [3.05, 3.63) is 65.9 Å². The van der Waals surface area contributed by atoms with Crippen LogP contribution in [-0.2, 0) is 9.59 Å². The van der Waals surface area contributed by atoms with E-state index in [9.17, 15) is 19.6 Å². The van der Waals surface area contributed by atoms with E-state index in [4.69, 9.17) is 4.74 Å². The molecule has 1 aliphatic rings. The van der Waals surface area contributed by atoms with Gasteiger partial charge in [-0.15, -0.1) is 11.8 Å². The van der Waals surface area contributed by atoms with Crippen LogP contribution in [0.1, 0.15) is 62.1 Å². The van der Waals surface area contributed by atoms with Crippen LogP contribution in [-0.4, -0.2) is 66.0 Å². The number of thioether (sulfide) groups is 1. The zero-order chi connectivity index (χ0) is 32.3. The molecule has 0 spiro atoms. The van der Waals surface area contributed by atoms with E-state index in [1.807, 2.05) is 50.2 Å². The van der Waals surface area contributed by atoms with Crippen LogP contribution in [0.5, 0.6) is 5.75 Å². The minimum atomic E-state index is -0.830. The molecular formula is C34H44N6O4S. The highest BCUT2D eigenvalue weighted by Crippen LogP contribution is 2.27. The maximum atomic E-state index is 13.8. The van der Waals surface area contributed by atoms with Gasteiger partial charge in [0.05, 0.1) is 19.2 Å². The Labute approximate surface area is 269 Å². The van der Waals surface area contributed by atoms with Gasteiger partial charge in [-0.3, -0.25) is 14.4 Å². The number of ether oxygens (including phenoxy) is 1. The van der Waals surface area contributed by atoms with E-state index in [2.05, 4.69) is 51.4 Å². The number of aromatic nitrogens is 1. The Hall–Kier alpha value is -4.01. The molecule has 4 rings (SSSR count). The molecule has 1 unspecified atom stereocenters. The standard InChI is InChI=1S/C34H44N6O4S/c1-21(2)17-28(40-34(43)29-19-25-26(38-29)11-8-12-30(25)44-4)33(42)39-27(18-24-13-14-37-32(24)41)31(20-35)45-16-15-36-22(3)23-9-6-5-7-10-23/h5-12,19,21-22,24,27-28,31,36,38H,13-18H2,1-4H3,(H,37,41)(H,39,42)(H,40,43)/t22-,24-,27-,28-,31?/m0/s1. The first-order chi connectivity index (χ1) is 21.7. The number of carbonyl (C=O) groups excluding carboxylic acids is 3. The van der Waals surface area contributed by atoms with Gasteiger partial charge in [-0.05, 0) is 55.9 Å². The minimum Gasteiger partial charge on any atom is -0.496 e. The zero-order valence-corrected chi connectivity index (χ0v) is 27.2. The first kappa shape index (κ1) is 33.9. The van der Waals surface area contributed by atoms with Crippen molar-refractivity contribution in [3.8, 4) is 11.8 Å². The van der Waals surface area contributed by atoms with Gasteiger partial charge in [0, 0.05) is 41.7 Å². The van der Waals surface area contributed by atoms with Crippen LogP contribution in [0.15, 0.2) is 54.6 Å². The van der Waals surface area contributed by atoms with Gasteiger partial charge in [0.25, 0.3) is 5.91 Å². The largest absolute Gasteiger partial charge is 0.496 e. The molecule has 45 heavy (non-hydrogen) atoms. The Morgan fingerprint density at radius 3 is 2.56 bits per heavy atom. The molecule has 3 aromatic rings. The zero-order valence-electron chi connectivity index (χ0n) is 26.4. The Bertz CT molecular complexity index is 1490. The van der Waals surface area contributed by atoms with E-state index in [-0.39, 0.29) is 29.7 Å². The number of methoxy groups -OCH3 is 1. The van der Waals surface area contributed by atoms with E-state index in [1.54, 1.807) is 13.2 Å². The lowest BCUT2D eigenvalue weighted by Gasteiger charge is -2.28. The third-order valence-electron chi connectivity index (χ3n) is 8.09. The van der Waals surface area contributed by atoms with E-state index >= 15 is 0 Å². The smallest absolute Gasteiger partial charge is 0.268 e. The monoisotopic (exact) mass is 632 g/mol. The summed E-state index contributed by atoms with van der Waals surface area (Å²) in [6, 6.07) is 18.5. The normalized spacial score (nSPS) is 17.2. The highest BCUT2D eigenvalue weighted by atomic mass is 32.2. The number of benzene rings is 2. The lowest BCUT2D eigenvalue weighted by atomic mass is 9.95. The molecule has 0 radical (unpaired) electrons. The fourth-order valence-corrected chi connectivity index (χ4v) is 6.62. The highest BCUT2D eigenvalue weighted by molar-refractivity contribution is 8.00. The predicted octanol–water partition coefficient (Wildman–Crippen LogP) is 4.31. The number of carbonyl (C=O) groups is 3. The van der Waals surface area contributed by atoms with Gasteiger partial charge in [0.1, 0.15) is 22.7 Å². The molecule has 0 saturated carbocycles. The van der Waals surface area contributed by atoms with Crippen LogP contribution in [0, 0.1) is 23.2 Å². The molecule has 0 bridgehead atoms. The molecule has 1 saturated heterocycles. The maximum Gasteiger partial charge on any atom is 0.268 e. The molecule has 3 amide bonds. The van der Waals surface area contributed by atoms with Gasteiger partial charge in [0.2, 0.25) is 11.8 Å². The van der Waals surface area contributed by atoms with Gasteiger partial charge in [0.15, 0.2) is 0 Å². The van der Waals surface area contributed by atoms with Gasteiger partial charge >= 0.3 is 0 Å². The van der Waals surface area contributed by atoms with Crippen LogP contribution in [0.3, 0.4) is 0 Å². The summed E-state index contributed by atoms with van der Waals surface area (Å²) in [7, 11) is 1.57. The van der Waals surface area contributed by atoms with Gasteiger partial charge in [-0.25, -0.2) is 0 Å². The molecule has 11 heteroatoms. The van der Waals surface area contributed by atoms with Crippen molar-refractivity contribution in [2.45, 2.75) is 63.4 Å². The van der Waals surface area contributed by atoms with Crippen LogP contribution in [0.2, 0.25) is 0 Å². The van der Waals surface area contributed by atoms with Crippen molar-refractivity contribution < 1.29 is 19.1 Å². The SMILES string of the molecule is COc1cccc2[nH]c(C(=O)N[C@@H](CC(C)C)C(=O)N[C@@H](C[C@@H]3CCNC3=O)C(C#N)SCCN[C@@H](C)c3ccccc3)cc12. The molecule has 2 heterocycles. The van der Waals surface area contributed by atoms with Crippen molar-refractivity contribution in [1.29, 1.82) is 5.26 Å². The number of nitriles is 1. The average Bonchev–Trinajstić information content (AvgIpc) is 3.66. The first-order valence-electron chi connectivity index (χ1n) is 15.5. The van der Waals surface area contributed by atoms with Crippen LogP contribution >= 0.6 is 11.8 Å². The molecule has 5 N–H and O–H groups in total. The molecule has 10 nitrogen and oxygen atoms in total. The Morgan fingerprint density at radius 2 is 1.89 bits per heavy atom. The summed E-state index contributed by atoms with van der Waals surface area (Å²) < 4.78 is 5.42. The third-order valence-corrected chi connectivity index (χ3v) is 9.32. The molecule has 1 fully saturated rings. The molecule has 2 aromatic carbocycles. The summed E-state index contributed by atoms with van der Waals surface area (Å²) in [5.41, 5.74) is 2.25. The summed E-state index contributed by atoms with van der Waals surface area (Å²) in [5, 5.41) is 22.7. The average molecular weight is 633 g/mol. The molecule has 240 valence electrons. The summed E-state index contributed by atoms with van der Waals surface area (Å²) in [6.07, 6.45) is 1.41. The van der Waals surface area contributed by atoms with E-state index in [0.717, 1.165) is 10.9 Å². The molecule has 1 aromatic heterocycles. The predicted molar refractivity (Wildman–Crippen MR) is 178 cm³/mol. The number of nitrogens with one attached hydrogen (secondary N) is 5. The number of hydrogen-bond acceptors (Lipinski definition) is 7. The number of aromatic amines is 1. The van der Waals surface area contributed by atoms with Crippen molar-refractivity contribution in [3.63, 3.8) is 0 Å². The summed E-state index contributed by atoms with van der Waals surface area (Å²) in [5.74, 6) is 0.272. The summed E-state index contributed by atoms with van der Waals surface area (Å²) in [6.45, 7) is 7.32. The Balaban J connectivity index is 1.44. The number of rotatable bonds is 16. The van der Waals surface area contributed by atoms with E-state index < -0.39 is 23.2 Å². The molecule has 5 atom stereocenters. The van der Waals surface area contributed by atoms with Gasteiger partial charge in [-0.2, -0.15) is 5.26 Å². The maximum absolute atomic E-state index is 13.8. The third kappa shape index (κ3) is 9.25. The van der Waals surface area contributed by atoms with Crippen molar-refractivity contribution >= 4 is 40.4 Å². The first-order valence-corrected chi connectivity index (χ1v) is 16.6. The molecule has 0 aliphatic carbocycles. The second kappa shape index (κ2) is 16.3. The van der Waals surface area contributed by atoms with Crippen molar-refractivity contribution in [1.82, 2.24) is 26.3 Å². The Kier molecular flexibility index (Phi) is 12.3. The van der Waals surface area contributed by atoms with Crippen molar-refractivity contribution in [2.75, 3.05) is 26.0 Å². The number of H-pyrrole nitrogens is 1. The van der Waals surface area contributed by atoms with Crippen LogP contribution < -0.4 is 26.0 Å². The summed E-state index contributed by atoms with van der Waals surface area (Å²) in [4.78, 5) is 42.8. The van der Waals surface area contributed by atoms with Gasteiger partial charge < -0.3 is 31.0 Å². The number of amides is 3. The quantitative estimate of drug-likeness (QED) is 0.148. The van der Waals surface area contributed by atoms with Crippen molar-refractivity contribution in [2.24, 2.45) is 11.8 Å². The molecule has 1 aliphatic heterocycles. The lowest BCUT2D eigenvalue weighted by Crippen LogP contribution is -2.53. The topological polar surface area (TPSA) is 148 Å². The van der Waals surface area contributed by atoms with Crippen LogP contribution in [0.4, 0.5) is 0 Å². The minimum absolute atomic E-state index is 0.0597. The molecular weight excluding hydrogens is 588 g/mol. The van der Waals surface area contributed by atoms with Gasteiger partial charge in [-0.1, -0.05) is 50.2 Å². The second-order valence-corrected chi connectivity index (χ2v) is 13.1. The number of fused-ring (bicyclic) bond motifs is 1.